The lowest BCUT2D eigenvalue weighted by molar-refractivity contribution is 0.148. The van der Waals surface area contributed by atoms with E-state index in [0.29, 0.717) is 5.54 Å². The summed E-state index contributed by atoms with van der Waals surface area (Å²) in [6.07, 6.45) is 3.86. The molecule has 2 aliphatic heterocycles. The Labute approximate surface area is 102 Å². The van der Waals surface area contributed by atoms with Crippen molar-refractivity contribution in [2.75, 3.05) is 19.6 Å². The predicted molar refractivity (Wildman–Crippen MR) is 66.3 cm³/mol. The monoisotopic (exact) mass is 234 g/mol. The van der Waals surface area contributed by atoms with E-state index in [2.05, 4.69) is 10.2 Å². The Hall–Kier alpha value is -0.930. The lowest BCUT2D eigenvalue weighted by Crippen LogP contribution is -2.44. The number of benzene rings is 1. The highest BCUT2D eigenvalue weighted by Gasteiger charge is 2.42. The molecule has 3 rings (SSSR count). The molecule has 1 N–H and O–H groups in total. The van der Waals surface area contributed by atoms with Crippen LogP contribution in [0, 0.1) is 5.82 Å². The Kier molecular flexibility index (Phi) is 2.89. The zero-order valence-corrected chi connectivity index (χ0v) is 10.1. The molecule has 2 nitrogen and oxygen atoms in total. The first-order valence-corrected chi connectivity index (χ1v) is 6.49. The van der Waals surface area contributed by atoms with E-state index >= 15 is 0 Å². The highest BCUT2D eigenvalue weighted by Crippen LogP contribution is 2.35. The maximum absolute atomic E-state index is 12.9. The Balaban J connectivity index is 1.74. The van der Waals surface area contributed by atoms with E-state index in [9.17, 15) is 4.39 Å². The van der Waals surface area contributed by atoms with Gasteiger partial charge in [0.05, 0.1) is 0 Å². The third-order valence-corrected chi connectivity index (χ3v) is 4.25. The summed E-state index contributed by atoms with van der Waals surface area (Å²) >= 11 is 0. The van der Waals surface area contributed by atoms with Gasteiger partial charge in [-0.3, -0.25) is 4.90 Å². The Bertz CT molecular complexity index is 376. The molecule has 2 saturated heterocycles. The lowest BCUT2D eigenvalue weighted by atomic mass is 9.95. The quantitative estimate of drug-likeness (QED) is 0.843. The van der Waals surface area contributed by atoms with Crippen LogP contribution in [0.3, 0.4) is 0 Å². The van der Waals surface area contributed by atoms with E-state index in [0.717, 1.165) is 19.6 Å². The van der Waals surface area contributed by atoms with Crippen LogP contribution < -0.4 is 5.32 Å². The molecule has 0 aromatic heterocycles. The summed E-state index contributed by atoms with van der Waals surface area (Å²) in [7, 11) is 0. The Morgan fingerprint density at radius 1 is 1.24 bits per heavy atom. The van der Waals surface area contributed by atoms with Crippen LogP contribution in [0.25, 0.3) is 0 Å². The predicted octanol–water partition coefficient (Wildman–Crippen LogP) is 2.15. The number of hydrogen-bond acceptors (Lipinski definition) is 2. The van der Waals surface area contributed by atoms with Crippen molar-refractivity contribution in [1.29, 1.82) is 0 Å². The van der Waals surface area contributed by atoms with Gasteiger partial charge in [-0.25, -0.2) is 4.39 Å². The molecule has 2 fully saturated rings. The second kappa shape index (κ2) is 4.39. The number of nitrogens with one attached hydrogen (secondary N) is 1. The molecule has 2 heterocycles. The SMILES string of the molecule is Fc1ccc(CN2CCCC23CCNC3)cc1. The van der Waals surface area contributed by atoms with Gasteiger partial charge in [0.2, 0.25) is 0 Å². The molecule has 0 aliphatic carbocycles. The summed E-state index contributed by atoms with van der Waals surface area (Å²) in [5, 5.41) is 3.48. The first-order valence-electron chi connectivity index (χ1n) is 6.49. The molecule has 1 atom stereocenters. The number of nitrogens with zero attached hydrogens (tertiary/aromatic N) is 1. The fraction of sp³-hybridized carbons (Fsp3) is 0.571. The van der Waals surface area contributed by atoms with Crippen molar-refractivity contribution in [3.05, 3.63) is 35.6 Å². The van der Waals surface area contributed by atoms with Crippen LogP contribution in [0.2, 0.25) is 0 Å². The van der Waals surface area contributed by atoms with E-state index < -0.39 is 0 Å². The van der Waals surface area contributed by atoms with E-state index in [1.807, 2.05) is 12.1 Å². The van der Waals surface area contributed by atoms with Crippen LogP contribution in [-0.2, 0) is 6.54 Å². The van der Waals surface area contributed by atoms with Gasteiger partial charge in [0, 0.05) is 18.6 Å². The molecule has 1 aromatic rings. The van der Waals surface area contributed by atoms with Gasteiger partial charge in [-0.05, 0) is 50.0 Å². The number of likely N-dealkylation sites (tertiary alicyclic amines) is 1. The second-order valence-electron chi connectivity index (χ2n) is 5.30. The molecule has 0 radical (unpaired) electrons. The van der Waals surface area contributed by atoms with Gasteiger partial charge in [0.15, 0.2) is 0 Å². The molecule has 0 bridgehead atoms. The summed E-state index contributed by atoms with van der Waals surface area (Å²) in [5.74, 6) is -0.146. The number of hydrogen-bond donors (Lipinski definition) is 1. The van der Waals surface area contributed by atoms with Crippen molar-refractivity contribution in [3.63, 3.8) is 0 Å². The van der Waals surface area contributed by atoms with Crippen molar-refractivity contribution in [2.24, 2.45) is 0 Å². The van der Waals surface area contributed by atoms with Gasteiger partial charge in [-0.1, -0.05) is 12.1 Å². The molecule has 17 heavy (non-hydrogen) atoms. The second-order valence-corrected chi connectivity index (χ2v) is 5.30. The average molecular weight is 234 g/mol. The van der Waals surface area contributed by atoms with Crippen molar-refractivity contribution in [1.82, 2.24) is 10.2 Å². The average Bonchev–Trinajstić information content (AvgIpc) is 2.95. The van der Waals surface area contributed by atoms with Gasteiger partial charge in [-0.2, -0.15) is 0 Å². The number of rotatable bonds is 2. The van der Waals surface area contributed by atoms with E-state index in [4.69, 9.17) is 0 Å². The zero-order valence-electron chi connectivity index (χ0n) is 10.1. The summed E-state index contributed by atoms with van der Waals surface area (Å²) in [5.41, 5.74) is 1.61. The van der Waals surface area contributed by atoms with Crippen LogP contribution in [0.15, 0.2) is 24.3 Å². The molecule has 2 aliphatic rings. The van der Waals surface area contributed by atoms with Gasteiger partial charge < -0.3 is 5.32 Å². The summed E-state index contributed by atoms with van der Waals surface area (Å²) in [4.78, 5) is 2.58. The Morgan fingerprint density at radius 2 is 2.06 bits per heavy atom. The van der Waals surface area contributed by atoms with Gasteiger partial charge >= 0.3 is 0 Å². The molecule has 1 spiro atoms. The zero-order chi connectivity index (χ0) is 11.7. The third-order valence-electron chi connectivity index (χ3n) is 4.25. The minimum absolute atomic E-state index is 0.146. The number of halogens is 1. The molecular weight excluding hydrogens is 215 g/mol. The maximum atomic E-state index is 12.9. The maximum Gasteiger partial charge on any atom is 0.123 e. The van der Waals surface area contributed by atoms with Crippen molar-refractivity contribution < 1.29 is 4.39 Å². The summed E-state index contributed by atoms with van der Waals surface area (Å²) in [6.45, 7) is 4.40. The van der Waals surface area contributed by atoms with Crippen molar-refractivity contribution >= 4 is 0 Å². The van der Waals surface area contributed by atoms with Crippen LogP contribution in [0.1, 0.15) is 24.8 Å². The first kappa shape index (κ1) is 11.2. The smallest absolute Gasteiger partial charge is 0.123 e. The van der Waals surface area contributed by atoms with Crippen LogP contribution in [0.5, 0.6) is 0 Å². The van der Waals surface area contributed by atoms with E-state index in [1.54, 1.807) is 12.1 Å². The fourth-order valence-electron chi connectivity index (χ4n) is 3.27. The third kappa shape index (κ3) is 2.09. The lowest BCUT2D eigenvalue weighted by Gasteiger charge is -2.34. The van der Waals surface area contributed by atoms with Gasteiger partial charge in [-0.15, -0.1) is 0 Å². The largest absolute Gasteiger partial charge is 0.315 e. The standard InChI is InChI=1S/C14H19FN2/c15-13-4-2-12(3-5-13)10-17-9-1-6-14(17)7-8-16-11-14/h2-5,16H,1,6-11H2. The molecule has 92 valence electrons. The fourth-order valence-corrected chi connectivity index (χ4v) is 3.27. The summed E-state index contributed by atoms with van der Waals surface area (Å²) in [6, 6.07) is 6.93. The minimum Gasteiger partial charge on any atom is -0.315 e. The minimum atomic E-state index is -0.146. The molecule has 3 heteroatoms. The normalized spacial score (nSPS) is 29.2. The van der Waals surface area contributed by atoms with Crippen molar-refractivity contribution in [3.8, 4) is 0 Å². The molecular formula is C14H19FN2. The van der Waals surface area contributed by atoms with E-state index in [-0.39, 0.29) is 5.82 Å². The molecule has 1 unspecified atom stereocenters. The first-order chi connectivity index (χ1) is 8.28. The summed E-state index contributed by atoms with van der Waals surface area (Å²) < 4.78 is 12.9. The van der Waals surface area contributed by atoms with Crippen LogP contribution >= 0.6 is 0 Å². The highest BCUT2D eigenvalue weighted by atomic mass is 19.1. The Morgan fingerprint density at radius 3 is 2.76 bits per heavy atom. The van der Waals surface area contributed by atoms with E-state index in [1.165, 1.54) is 31.4 Å². The molecule has 0 amide bonds. The molecule has 0 saturated carbocycles. The van der Waals surface area contributed by atoms with Gasteiger partial charge in [0.25, 0.3) is 0 Å². The van der Waals surface area contributed by atoms with Crippen LogP contribution in [0.4, 0.5) is 4.39 Å². The topological polar surface area (TPSA) is 15.3 Å². The van der Waals surface area contributed by atoms with Gasteiger partial charge in [0.1, 0.15) is 5.82 Å². The molecule has 1 aromatic carbocycles. The van der Waals surface area contributed by atoms with Crippen molar-refractivity contribution in [2.45, 2.75) is 31.3 Å². The highest BCUT2D eigenvalue weighted by molar-refractivity contribution is 5.17. The van der Waals surface area contributed by atoms with Crippen LogP contribution in [-0.4, -0.2) is 30.1 Å².